The number of rotatable bonds is 1. The predicted octanol–water partition coefficient (Wildman–Crippen LogP) is 0.569. The molecule has 2 aromatic carbocycles. The summed E-state index contributed by atoms with van der Waals surface area (Å²) in [5, 5.41) is 19.7. The number of hydrogen-bond donors (Lipinski definition) is 2. The lowest BCUT2D eigenvalue weighted by Gasteiger charge is -1.99. The van der Waals surface area contributed by atoms with Gasteiger partial charge in [-0.05, 0) is 6.07 Å². The van der Waals surface area contributed by atoms with Gasteiger partial charge in [-0.25, -0.2) is 0 Å². The van der Waals surface area contributed by atoms with Gasteiger partial charge in [-0.3, -0.25) is 10.0 Å². The molecule has 90 valence electrons. The Hall–Kier alpha value is -2.56. The second-order valence-electron chi connectivity index (χ2n) is 3.95. The highest BCUT2D eigenvalue weighted by atomic mass is 16.6. The lowest BCUT2D eigenvalue weighted by atomic mass is 10.2. The van der Waals surface area contributed by atoms with E-state index in [1.165, 1.54) is 6.07 Å². The van der Waals surface area contributed by atoms with E-state index in [1.807, 2.05) is 18.2 Å². The van der Waals surface area contributed by atoms with Gasteiger partial charge >= 0.3 is 22.1 Å². The van der Waals surface area contributed by atoms with E-state index >= 15 is 0 Å². The van der Waals surface area contributed by atoms with E-state index in [0.29, 0.717) is 16.6 Å². The Labute approximate surface area is 103 Å². The van der Waals surface area contributed by atoms with E-state index < -0.39 is 0 Å². The Morgan fingerprint density at radius 2 is 1.61 bits per heavy atom. The quantitative estimate of drug-likeness (QED) is 0.374. The van der Waals surface area contributed by atoms with Gasteiger partial charge in [-0.15, -0.1) is 0 Å². The van der Waals surface area contributed by atoms with Crippen molar-refractivity contribution in [2.45, 2.75) is 0 Å². The molecule has 0 saturated heterocycles. The Kier molecular flexibility index (Phi) is 2.19. The maximum Gasteiger partial charge on any atom is 0.337 e. The fourth-order valence-electron chi connectivity index (χ4n) is 2.12. The minimum Gasteiger partial charge on any atom is -0.508 e. The summed E-state index contributed by atoms with van der Waals surface area (Å²) in [7, 11) is 1.56. The second kappa shape index (κ2) is 3.73. The van der Waals surface area contributed by atoms with Crippen molar-refractivity contribution in [3.63, 3.8) is 0 Å². The standard InChI is InChI=1S/C13H11N2O3/c1-18-15-11-5-3-2-4-10(11)14(17)13-8-9(16)6-7-12(13)15/h2-8,17H,1H3/q+1/p+1. The van der Waals surface area contributed by atoms with Crippen molar-refractivity contribution in [3.8, 4) is 5.75 Å². The van der Waals surface area contributed by atoms with Crippen LogP contribution < -0.4 is 14.3 Å². The van der Waals surface area contributed by atoms with Gasteiger partial charge in [0.2, 0.25) is 0 Å². The molecule has 0 fully saturated rings. The summed E-state index contributed by atoms with van der Waals surface area (Å²) in [5.41, 5.74) is 2.46. The number of aromatic hydroxyl groups is 1. The lowest BCUT2D eigenvalue weighted by molar-refractivity contribution is -0.886. The minimum absolute atomic E-state index is 0.0863. The van der Waals surface area contributed by atoms with Crippen LogP contribution in [0.3, 0.4) is 0 Å². The normalized spacial score (nSPS) is 10.9. The average molecular weight is 244 g/mol. The highest BCUT2D eigenvalue weighted by Crippen LogP contribution is 2.16. The van der Waals surface area contributed by atoms with Gasteiger partial charge in [0.1, 0.15) is 12.9 Å². The highest BCUT2D eigenvalue weighted by Gasteiger charge is 2.28. The van der Waals surface area contributed by atoms with Gasteiger partial charge in [0, 0.05) is 27.7 Å². The van der Waals surface area contributed by atoms with Crippen molar-refractivity contribution in [1.82, 2.24) is 0 Å². The van der Waals surface area contributed by atoms with Gasteiger partial charge in [0.15, 0.2) is 0 Å². The molecule has 0 saturated carbocycles. The monoisotopic (exact) mass is 244 g/mol. The number of aromatic nitrogens is 2. The summed E-state index contributed by atoms with van der Waals surface area (Å²) in [6.45, 7) is 0. The first kappa shape index (κ1) is 10.6. The molecule has 5 heteroatoms. The number of fused-ring (bicyclic) bond motifs is 2. The van der Waals surface area contributed by atoms with Gasteiger partial charge in [0.05, 0.1) is 6.07 Å². The molecule has 1 aromatic heterocycles. The average Bonchev–Trinajstić information content (AvgIpc) is 2.40. The van der Waals surface area contributed by atoms with Crippen LogP contribution in [0, 0.1) is 0 Å². The first-order valence-electron chi connectivity index (χ1n) is 5.47. The molecule has 0 aliphatic carbocycles. The SMILES string of the molecule is CO[n+]1c2ccccc2[n+](O)c2cc(O)ccc21. The number of phenols is 1. The third-order valence-electron chi connectivity index (χ3n) is 2.92. The molecular formula is C13H12N2O3+2. The molecule has 0 unspecified atom stereocenters. The van der Waals surface area contributed by atoms with Crippen molar-refractivity contribution < 1.29 is 24.6 Å². The van der Waals surface area contributed by atoms with Crippen LogP contribution in [0.2, 0.25) is 0 Å². The Morgan fingerprint density at radius 3 is 2.33 bits per heavy atom. The third-order valence-corrected chi connectivity index (χ3v) is 2.92. The zero-order chi connectivity index (χ0) is 12.7. The van der Waals surface area contributed by atoms with Crippen molar-refractivity contribution in [3.05, 3.63) is 42.5 Å². The molecule has 2 N–H and O–H groups in total. The number of benzene rings is 2. The number of hydrogen-bond acceptors (Lipinski definition) is 3. The molecule has 0 atom stereocenters. The van der Waals surface area contributed by atoms with Crippen LogP contribution in [-0.4, -0.2) is 17.4 Å². The fourth-order valence-corrected chi connectivity index (χ4v) is 2.12. The van der Waals surface area contributed by atoms with Crippen molar-refractivity contribution in [2.24, 2.45) is 0 Å². The van der Waals surface area contributed by atoms with E-state index in [2.05, 4.69) is 0 Å². The molecule has 0 aliphatic heterocycles. The summed E-state index contributed by atoms with van der Waals surface area (Å²) in [6.07, 6.45) is 0. The van der Waals surface area contributed by atoms with E-state index in [1.54, 1.807) is 30.0 Å². The molecule has 0 spiro atoms. The van der Waals surface area contributed by atoms with Crippen molar-refractivity contribution >= 4 is 22.1 Å². The number of nitrogens with zero attached hydrogens (tertiary/aromatic N) is 2. The molecule has 3 aromatic rings. The maximum absolute atomic E-state index is 10.2. The minimum atomic E-state index is 0.0863. The van der Waals surface area contributed by atoms with Gasteiger partial charge < -0.3 is 5.11 Å². The van der Waals surface area contributed by atoms with Crippen LogP contribution in [-0.2, 0) is 0 Å². The van der Waals surface area contributed by atoms with Crippen LogP contribution >= 0.6 is 0 Å². The first-order chi connectivity index (χ1) is 8.72. The molecule has 0 amide bonds. The van der Waals surface area contributed by atoms with Crippen LogP contribution in [0.4, 0.5) is 0 Å². The van der Waals surface area contributed by atoms with E-state index in [0.717, 1.165) is 10.2 Å². The van der Waals surface area contributed by atoms with Crippen LogP contribution in [0.1, 0.15) is 0 Å². The third kappa shape index (κ3) is 1.34. The molecule has 1 heterocycles. The topological polar surface area (TPSA) is 57.5 Å². The Balaban J connectivity index is 2.61. The van der Waals surface area contributed by atoms with Crippen molar-refractivity contribution in [1.29, 1.82) is 0 Å². The van der Waals surface area contributed by atoms with Gasteiger partial charge in [-0.2, -0.15) is 0 Å². The lowest BCUT2D eigenvalue weighted by Crippen LogP contribution is -2.47. The van der Waals surface area contributed by atoms with Crippen LogP contribution in [0.5, 0.6) is 5.75 Å². The molecule has 3 rings (SSSR count). The summed E-state index contributed by atoms with van der Waals surface area (Å²) in [5.74, 6) is 0.0863. The zero-order valence-electron chi connectivity index (χ0n) is 9.74. The maximum atomic E-state index is 10.2. The Bertz CT molecular complexity index is 756. The van der Waals surface area contributed by atoms with Gasteiger partial charge in [0.25, 0.3) is 0 Å². The first-order valence-corrected chi connectivity index (χ1v) is 5.47. The van der Waals surface area contributed by atoms with Crippen LogP contribution in [0.15, 0.2) is 42.5 Å². The fraction of sp³-hybridized carbons (Fsp3) is 0.0769. The zero-order valence-corrected chi connectivity index (χ0v) is 9.74. The summed E-state index contributed by atoms with van der Waals surface area (Å²) < 4.78 is 2.65. The molecule has 0 aliphatic rings. The van der Waals surface area contributed by atoms with Crippen molar-refractivity contribution in [2.75, 3.05) is 7.11 Å². The summed E-state index contributed by atoms with van der Waals surface area (Å²) >= 11 is 0. The van der Waals surface area contributed by atoms with Crippen LogP contribution in [0.25, 0.3) is 22.1 Å². The largest absolute Gasteiger partial charge is 0.508 e. The van der Waals surface area contributed by atoms with Gasteiger partial charge in [-0.1, -0.05) is 12.1 Å². The summed E-state index contributed by atoms with van der Waals surface area (Å²) in [4.78, 5) is 5.35. The smallest absolute Gasteiger partial charge is 0.337 e. The predicted molar refractivity (Wildman–Crippen MR) is 63.2 cm³/mol. The van der Waals surface area contributed by atoms with E-state index in [-0.39, 0.29) is 5.75 Å². The summed E-state index contributed by atoms with van der Waals surface area (Å²) in [6, 6.07) is 12.0. The number of phenolic OH excluding ortho intramolecular Hbond substituents is 1. The molecule has 0 bridgehead atoms. The Morgan fingerprint density at radius 1 is 0.944 bits per heavy atom. The highest BCUT2D eigenvalue weighted by molar-refractivity contribution is 5.76. The molecular weight excluding hydrogens is 232 g/mol. The van der Waals surface area contributed by atoms with E-state index in [9.17, 15) is 10.3 Å². The molecule has 5 nitrogen and oxygen atoms in total. The number of para-hydroxylation sites is 2. The second-order valence-corrected chi connectivity index (χ2v) is 3.95. The molecule has 18 heavy (non-hydrogen) atoms. The van der Waals surface area contributed by atoms with E-state index in [4.69, 9.17) is 4.84 Å². The molecule has 0 radical (unpaired) electrons.